The van der Waals surface area contributed by atoms with Gasteiger partial charge in [0.15, 0.2) is 0 Å². The molecule has 4 heteroatoms. The van der Waals surface area contributed by atoms with Gasteiger partial charge in [-0.2, -0.15) is 0 Å². The molecule has 1 amide bonds. The summed E-state index contributed by atoms with van der Waals surface area (Å²) in [6, 6.07) is 13.0. The molecular formula is C16H16BrNO2. The highest BCUT2D eigenvalue weighted by Gasteiger charge is 2.10. The minimum absolute atomic E-state index is 0.00214. The SMILES string of the molecule is Cc1ccc(O)c(C(=O)NCc2cccc(CBr)c2)c1. The van der Waals surface area contributed by atoms with Gasteiger partial charge in [-0.05, 0) is 30.2 Å². The summed E-state index contributed by atoms with van der Waals surface area (Å²) < 4.78 is 0. The van der Waals surface area contributed by atoms with Crippen LogP contribution >= 0.6 is 15.9 Å². The number of carbonyl (C=O) groups is 1. The van der Waals surface area contributed by atoms with E-state index in [0.717, 1.165) is 22.0 Å². The van der Waals surface area contributed by atoms with Crippen LogP contribution in [0.4, 0.5) is 0 Å². The Hall–Kier alpha value is -1.81. The number of benzene rings is 2. The molecule has 0 atom stereocenters. The topological polar surface area (TPSA) is 49.3 Å². The second kappa shape index (κ2) is 6.57. The maximum Gasteiger partial charge on any atom is 0.255 e. The fraction of sp³-hybridized carbons (Fsp3) is 0.188. The van der Waals surface area contributed by atoms with Crippen molar-refractivity contribution >= 4 is 21.8 Å². The predicted molar refractivity (Wildman–Crippen MR) is 83.1 cm³/mol. The van der Waals surface area contributed by atoms with Crippen LogP contribution in [-0.4, -0.2) is 11.0 Å². The minimum atomic E-state index is -0.268. The molecule has 0 aliphatic carbocycles. The van der Waals surface area contributed by atoms with Gasteiger partial charge in [0.25, 0.3) is 5.91 Å². The van der Waals surface area contributed by atoms with Crippen LogP contribution in [0.1, 0.15) is 27.0 Å². The molecule has 20 heavy (non-hydrogen) atoms. The summed E-state index contributed by atoms with van der Waals surface area (Å²) >= 11 is 3.41. The van der Waals surface area contributed by atoms with Crippen molar-refractivity contribution in [3.05, 3.63) is 64.7 Å². The van der Waals surface area contributed by atoms with Crippen molar-refractivity contribution in [1.29, 1.82) is 0 Å². The molecule has 0 bridgehead atoms. The summed E-state index contributed by atoms with van der Waals surface area (Å²) in [5, 5.41) is 13.3. The first-order chi connectivity index (χ1) is 9.60. The first-order valence-corrected chi connectivity index (χ1v) is 7.44. The summed E-state index contributed by atoms with van der Waals surface area (Å²) in [4.78, 5) is 12.1. The van der Waals surface area contributed by atoms with Crippen LogP contribution in [-0.2, 0) is 11.9 Å². The Bertz CT molecular complexity index is 626. The lowest BCUT2D eigenvalue weighted by molar-refractivity contribution is 0.0948. The number of amides is 1. The van der Waals surface area contributed by atoms with E-state index in [0.29, 0.717) is 12.1 Å². The standard InChI is InChI=1S/C16H16BrNO2/c1-11-5-6-15(19)14(7-11)16(20)18-10-13-4-2-3-12(8-13)9-17/h2-8,19H,9-10H2,1H3,(H,18,20). The molecular weight excluding hydrogens is 318 g/mol. The van der Waals surface area contributed by atoms with Gasteiger partial charge in [0.1, 0.15) is 5.75 Å². The zero-order chi connectivity index (χ0) is 14.5. The van der Waals surface area contributed by atoms with Crippen molar-refractivity contribution in [2.24, 2.45) is 0 Å². The van der Waals surface area contributed by atoms with Gasteiger partial charge in [0.2, 0.25) is 0 Å². The number of alkyl halides is 1. The van der Waals surface area contributed by atoms with Gasteiger partial charge in [-0.15, -0.1) is 0 Å². The van der Waals surface area contributed by atoms with Gasteiger partial charge in [-0.25, -0.2) is 0 Å². The minimum Gasteiger partial charge on any atom is -0.507 e. The van der Waals surface area contributed by atoms with E-state index in [9.17, 15) is 9.90 Å². The molecule has 2 aromatic carbocycles. The van der Waals surface area contributed by atoms with Gasteiger partial charge in [-0.1, -0.05) is 51.8 Å². The zero-order valence-corrected chi connectivity index (χ0v) is 12.8. The molecule has 0 aromatic heterocycles. The average molecular weight is 334 g/mol. The van der Waals surface area contributed by atoms with E-state index in [1.54, 1.807) is 12.1 Å². The molecule has 2 aromatic rings. The van der Waals surface area contributed by atoms with Crippen molar-refractivity contribution in [2.75, 3.05) is 0 Å². The van der Waals surface area contributed by atoms with Gasteiger partial charge < -0.3 is 10.4 Å². The first-order valence-electron chi connectivity index (χ1n) is 6.32. The summed E-state index contributed by atoms with van der Waals surface area (Å²) in [5.74, 6) is -0.266. The van der Waals surface area contributed by atoms with Gasteiger partial charge in [0, 0.05) is 11.9 Å². The van der Waals surface area contributed by atoms with Crippen LogP contribution in [0.15, 0.2) is 42.5 Å². The van der Waals surface area contributed by atoms with E-state index in [4.69, 9.17) is 0 Å². The molecule has 0 spiro atoms. The average Bonchev–Trinajstić information content (AvgIpc) is 2.47. The third kappa shape index (κ3) is 3.61. The molecule has 104 valence electrons. The number of phenols is 1. The summed E-state index contributed by atoms with van der Waals surface area (Å²) in [6.45, 7) is 2.32. The van der Waals surface area contributed by atoms with Crippen molar-refractivity contribution in [3.8, 4) is 5.75 Å². The number of aryl methyl sites for hydroxylation is 1. The van der Waals surface area contributed by atoms with E-state index in [1.165, 1.54) is 6.07 Å². The second-order valence-corrected chi connectivity index (χ2v) is 5.22. The highest BCUT2D eigenvalue weighted by Crippen LogP contribution is 2.18. The van der Waals surface area contributed by atoms with E-state index in [1.807, 2.05) is 31.2 Å². The van der Waals surface area contributed by atoms with E-state index in [2.05, 4.69) is 21.2 Å². The van der Waals surface area contributed by atoms with Crippen LogP contribution < -0.4 is 5.32 Å². The highest BCUT2D eigenvalue weighted by molar-refractivity contribution is 9.08. The Morgan fingerprint density at radius 2 is 1.95 bits per heavy atom. The Balaban J connectivity index is 2.06. The van der Waals surface area contributed by atoms with Gasteiger partial charge >= 0.3 is 0 Å². The van der Waals surface area contributed by atoms with E-state index < -0.39 is 0 Å². The smallest absolute Gasteiger partial charge is 0.255 e. The Labute approximate surface area is 126 Å². The van der Waals surface area contributed by atoms with Crippen LogP contribution in [0, 0.1) is 6.92 Å². The van der Waals surface area contributed by atoms with Gasteiger partial charge in [0.05, 0.1) is 5.56 Å². The fourth-order valence-electron chi connectivity index (χ4n) is 1.93. The molecule has 0 fully saturated rings. The Morgan fingerprint density at radius 3 is 2.70 bits per heavy atom. The summed E-state index contributed by atoms with van der Waals surface area (Å²) in [7, 11) is 0. The number of phenolic OH excluding ortho intramolecular Hbond substituents is 1. The molecule has 2 rings (SSSR count). The van der Waals surface area contributed by atoms with Crippen LogP contribution in [0.25, 0.3) is 0 Å². The Morgan fingerprint density at radius 1 is 1.20 bits per heavy atom. The number of halogens is 1. The van der Waals surface area contributed by atoms with E-state index in [-0.39, 0.29) is 11.7 Å². The fourth-order valence-corrected chi connectivity index (χ4v) is 2.28. The number of carbonyl (C=O) groups excluding carboxylic acids is 1. The molecule has 2 N–H and O–H groups in total. The predicted octanol–water partition coefficient (Wildman–Crippen LogP) is 3.53. The number of aromatic hydroxyl groups is 1. The maximum absolute atomic E-state index is 12.1. The number of rotatable bonds is 4. The molecule has 0 radical (unpaired) electrons. The number of nitrogens with one attached hydrogen (secondary N) is 1. The molecule has 0 aliphatic rings. The quantitative estimate of drug-likeness (QED) is 0.841. The third-order valence-electron chi connectivity index (χ3n) is 3.00. The van der Waals surface area contributed by atoms with Crippen LogP contribution in [0.3, 0.4) is 0 Å². The number of hydrogen-bond acceptors (Lipinski definition) is 2. The normalized spacial score (nSPS) is 10.3. The molecule has 0 saturated heterocycles. The van der Waals surface area contributed by atoms with Crippen LogP contribution in [0.2, 0.25) is 0 Å². The lowest BCUT2D eigenvalue weighted by Crippen LogP contribution is -2.23. The van der Waals surface area contributed by atoms with Gasteiger partial charge in [-0.3, -0.25) is 4.79 Å². The van der Waals surface area contributed by atoms with Crippen molar-refractivity contribution < 1.29 is 9.90 Å². The lowest BCUT2D eigenvalue weighted by atomic mass is 10.1. The summed E-state index contributed by atoms with van der Waals surface area (Å²) in [5.41, 5.74) is 3.44. The van der Waals surface area contributed by atoms with Crippen molar-refractivity contribution in [3.63, 3.8) is 0 Å². The lowest BCUT2D eigenvalue weighted by Gasteiger charge is -2.08. The second-order valence-electron chi connectivity index (χ2n) is 4.66. The number of hydrogen-bond donors (Lipinski definition) is 2. The van der Waals surface area contributed by atoms with Crippen molar-refractivity contribution in [1.82, 2.24) is 5.32 Å². The molecule has 0 unspecified atom stereocenters. The molecule has 0 saturated carbocycles. The highest BCUT2D eigenvalue weighted by atomic mass is 79.9. The zero-order valence-electron chi connectivity index (χ0n) is 11.2. The van der Waals surface area contributed by atoms with Crippen LogP contribution in [0.5, 0.6) is 5.75 Å². The van der Waals surface area contributed by atoms with Crippen molar-refractivity contribution in [2.45, 2.75) is 18.8 Å². The van der Waals surface area contributed by atoms with E-state index >= 15 is 0 Å². The first kappa shape index (κ1) is 14.6. The summed E-state index contributed by atoms with van der Waals surface area (Å²) in [6.07, 6.45) is 0. The largest absolute Gasteiger partial charge is 0.507 e. The maximum atomic E-state index is 12.1. The monoisotopic (exact) mass is 333 g/mol. The Kier molecular flexibility index (Phi) is 4.79. The third-order valence-corrected chi connectivity index (χ3v) is 3.64. The molecule has 0 heterocycles. The molecule has 0 aliphatic heterocycles. The molecule has 3 nitrogen and oxygen atoms in total.